The zero-order valence-corrected chi connectivity index (χ0v) is 9.92. The maximum Gasteiger partial charge on any atom is 0.165 e. The van der Waals surface area contributed by atoms with Crippen LogP contribution in [-0.4, -0.2) is 21.5 Å². The van der Waals surface area contributed by atoms with E-state index in [1.165, 1.54) is 6.33 Å². The first-order chi connectivity index (χ1) is 8.88. The Morgan fingerprint density at radius 3 is 2.94 bits per heavy atom. The molecule has 5 nitrogen and oxygen atoms in total. The lowest BCUT2D eigenvalue weighted by Crippen LogP contribution is -2.01. The molecule has 0 aliphatic rings. The van der Waals surface area contributed by atoms with Crippen LogP contribution in [0.25, 0.3) is 22.5 Å². The van der Waals surface area contributed by atoms with Crippen LogP contribution in [0.3, 0.4) is 0 Å². The summed E-state index contributed by atoms with van der Waals surface area (Å²) in [5.74, 6) is 1.54. The maximum atomic E-state index is 5.32. The fourth-order valence-corrected chi connectivity index (χ4v) is 1.81. The molecule has 0 spiro atoms. The molecule has 5 heteroatoms. The molecule has 0 bridgehead atoms. The summed E-state index contributed by atoms with van der Waals surface area (Å²) < 4.78 is 5.32. The van der Waals surface area contributed by atoms with E-state index in [-0.39, 0.29) is 0 Å². The molecule has 0 aliphatic carbocycles. The van der Waals surface area contributed by atoms with Gasteiger partial charge in [-0.3, -0.25) is 0 Å². The van der Waals surface area contributed by atoms with Gasteiger partial charge in [0.05, 0.1) is 11.6 Å². The summed E-state index contributed by atoms with van der Waals surface area (Å²) >= 11 is 0. The average molecular weight is 240 g/mol. The van der Waals surface area contributed by atoms with Gasteiger partial charge in [0.15, 0.2) is 11.4 Å². The van der Waals surface area contributed by atoms with Crippen LogP contribution in [0, 0.1) is 0 Å². The zero-order valence-electron chi connectivity index (χ0n) is 9.92. The van der Waals surface area contributed by atoms with Crippen LogP contribution in [0.15, 0.2) is 41.3 Å². The van der Waals surface area contributed by atoms with E-state index in [1.54, 1.807) is 6.26 Å². The van der Waals surface area contributed by atoms with Crippen molar-refractivity contribution in [2.45, 2.75) is 6.92 Å². The second kappa shape index (κ2) is 4.44. The number of hydrogen-bond donors (Lipinski definition) is 1. The van der Waals surface area contributed by atoms with Gasteiger partial charge in [0.25, 0.3) is 0 Å². The fraction of sp³-hybridized carbons (Fsp3) is 0.154. The summed E-state index contributed by atoms with van der Waals surface area (Å²) in [5, 5.41) is 4.10. The summed E-state index contributed by atoms with van der Waals surface area (Å²) in [6, 6.07) is 7.58. The van der Waals surface area contributed by atoms with Crippen LogP contribution in [0.4, 0.5) is 5.82 Å². The lowest BCUT2D eigenvalue weighted by Gasteiger charge is -2.05. The van der Waals surface area contributed by atoms with Crippen molar-refractivity contribution in [2.24, 2.45) is 0 Å². The third-order valence-corrected chi connectivity index (χ3v) is 2.61. The largest absolute Gasteiger partial charge is 0.463 e. The smallest absolute Gasteiger partial charge is 0.165 e. The number of nitrogens with zero attached hydrogens (tertiary/aromatic N) is 3. The van der Waals surface area contributed by atoms with Crippen LogP contribution in [-0.2, 0) is 0 Å². The molecule has 3 aromatic heterocycles. The predicted octanol–water partition coefficient (Wildman–Crippen LogP) is 2.72. The van der Waals surface area contributed by atoms with Crippen LogP contribution in [0.1, 0.15) is 6.92 Å². The first-order valence-corrected chi connectivity index (χ1v) is 5.78. The molecule has 0 amide bonds. The number of pyridine rings is 1. The molecule has 3 rings (SSSR count). The van der Waals surface area contributed by atoms with Crippen molar-refractivity contribution in [1.82, 2.24) is 15.0 Å². The zero-order chi connectivity index (χ0) is 12.4. The van der Waals surface area contributed by atoms with Gasteiger partial charge in [0, 0.05) is 6.54 Å². The van der Waals surface area contributed by atoms with E-state index < -0.39 is 0 Å². The van der Waals surface area contributed by atoms with Gasteiger partial charge in [-0.1, -0.05) is 0 Å². The molecule has 0 aliphatic heterocycles. The monoisotopic (exact) mass is 240 g/mol. The van der Waals surface area contributed by atoms with Crippen molar-refractivity contribution in [3.8, 4) is 11.5 Å². The Morgan fingerprint density at radius 2 is 2.17 bits per heavy atom. The highest BCUT2D eigenvalue weighted by Crippen LogP contribution is 2.23. The molecule has 90 valence electrons. The molecule has 0 unspecified atom stereocenters. The predicted molar refractivity (Wildman–Crippen MR) is 69.2 cm³/mol. The number of aromatic nitrogens is 3. The van der Waals surface area contributed by atoms with E-state index in [0.717, 1.165) is 29.2 Å². The Bertz CT molecular complexity index is 664. The van der Waals surface area contributed by atoms with Gasteiger partial charge in [0.2, 0.25) is 0 Å². The van der Waals surface area contributed by atoms with E-state index in [1.807, 2.05) is 31.2 Å². The van der Waals surface area contributed by atoms with Crippen molar-refractivity contribution in [3.63, 3.8) is 0 Å². The molecule has 3 heterocycles. The van der Waals surface area contributed by atoms with Crippen LogP contribution in [0.2, 0.25) is 0 Å². The average Bonchev–Trinajstić information content (AvgIpc) is 2.93. The number of furan rings is 1. The summed E-state index contributed by atoms with van der Waals surface area (Å²) in [7, 11) is 0. The van der Waals surface area contributed by atoms with Crippen molar-refractivity contribution >= 4 is 16.9 Å². The van der Waals surface area contributed by atoms with Crippen LogP contribution >= 0.6 is 0 Å². The van der Waals surface area contributed by atoms with E-state index in [2.05, 4.69) is 20.3 Å². The number of hydrogen-bond acceptors (Lipinski definition) is 5. The third-order valence-electron chi connectivity index (χ3n) is 2.61. The minimum atomic E-state index is 0.662. The van der Waals surface area contributed by atoms with Crippen molar-refractivity contribution < 1.29 is 4.42 Å². The molecule has 0 radical (unpaired) electrons. The molecule has 0 saturated carbocycles. The second-order valence-corrected chi connectivity index (χ2v) is 3.80. The van der Waals surface area contributed by atoms with E-state index >= 15 is 0 Å². The maximum absolute atomic E-state index is 5.32. The molecule has 1 N–H and O–H groups in total. The van der Waals surface area contributed by atoms with Crippen molar-refractivity contribution in [1.29, 1.82) is 0 Å². The highest BCUT2D eigenvalue weighted by molar-refractivity contribution is 5.87. The number of nitrogens with one attached hydrogen (secondary N) is 1. The van der Waals surface area contributed by atoms with Gasteiger partial charge in [-0.25, -0.2) is 15.0 Å². The topological polar surface area (TPSA) is 63.8 Å². The summed E-state index contributed by atoms with van der Waals surface area (Å²) in [6.07, 6.45) is 3.14. The van der Waals surface area contributed by atoms with Crippen molar-refractivity contribution in [3.05, 3.63) is 36.9 Å². The first kappa shape index (κ1) is 10.7. The Morgan fingerprint density at radius 1 is 1.22 bits per heavy atom. The number of anilines is 1. The van der Waals surface area contributed by atoms with Gasteiger partial charge in [-0.2, -0.15) is 0 Å². The normalized spacial score (nSPS) is 10.7. The van der Waals surface area contributed by atoms with Crippen LogP contribution < -0.4 is 5.32 Å². The SMILES string of the molecule is CCNc1ncnc2nc(-c3ccco3)ccc12. The fourth-order valence-electron chi connectivity index (χ4n) is 1.81. The molecular weight excluding hydrogens is 228 g/mol. The molecule has 0 saturated heterocycles. The molecule has 0 fully saturated rings. The van der Waals surface area contributed by atoms with Crippen molar-refractivity contribution in [2.75, 3.05) is 11.9 Å². The quantitative estimate of drug-likeness (QED) is 0.762. The minimum absolute atomic E-state index is 0.662. The van der Waals surface area contributed by atoms with E-state index in [0.29, 0.717) is 5.65 Å². The highest BCUT2D eigenvalue weighted by Gasteiger charge is 2.07. The Kier molecular flexibility index (Phi) is 2.64. The number of rotatable bonds is 3. The lowest BCUT2D eigenvalue weighted by atomic mass is 10.2. The first-order valence-electron chi connectivity index (χ1n) is 5.78. The molecule has 3 aromatic rings. The molecule has 0 atom stereocenters. The van der Waals surface area contributed by atoms with Crippen LogP contribution in [0.5, 0.6) is 0 Å². The Labute approximate surface area is 104 Å². The van der Waals surface area contributed by atoms with Gasteiger partial charge in [0.1, 0.15) is 17.8 Å². The van der Waals surface area contributed by atoms with Gasteiger partial charge in [-0.05, 0) is 31.2 Å². The van der Waals surface area contributed by atoms with E-state index in [4.69, 9.17) is 4.42 Å². The van der Waals surface area contributed by atoms with Gasteiger partial charge in [-0.15, -0.1) is 0 Å². The minimum Gasteiger partial charge on any atom is -0.463 e. The second-order valence-electron chi connectivity index (χ2n) is 3.80. The highest BCUT2D eigenvalue weighted by atomic mass is 16.3. The summed E-state index contributed by atoms with van der Waals surface area (Å²) in [6.45, 7) is 2.84. The standard InChI is InChI=1S/C13H12N4O/c1-2-14-12-9-5-6-10(11-4-3-7-18-11)17-13(9)16-8-15-12/h3-8H,2H2,1H3,(H,14,15,16,17). The molecular formula is C13H12N4O. The van der Waals surface area contributed by atoms with E-state index in [9.17, 15) is 0 Å². The molecule has 0 aromatic carbocycles. The molecule has 18 heavy (non-hydrogen) atoms. The van der Waals surface area contributed by atoms with Gasteiger partial charge < -0.3 is 9.73 Å². The number of fused-ring (bicyclic) bond motifs is 1. The summed E-state index contributed by atoms with van der Waals surface area (Å²) in [5.41, 5.74) is 1.43. The Hall–Kier alpha value is -2.43. The third kappa shape index (κ3) is 1.79. The summed E-state index contributed by atoms with van der Waals surface area (Å²) in [4.78, 5) is 12.9. The lowest BCUT2D eigenvalue weighted by molar-refractivity contribution is 0.580. The Balaban J connectivity index is 2.13. The van der Waals surface area contributed by atoms with Gasteiger partial charge >= 0.3 is 0 Å².